The van der Waals surface area contributed by atoms with E-state index in [1.54, 1.807) is 30.0 Å². The maximum Gasteiger partial charge on any atom is 0.276 e. The number of amides is 2. The molecular weight excluding hydrogens is 439 g/mol. The molecule has 3 rings (SSSR count). The van der Waals surface area contributed by atoms with Gasteiger partial charge in [-0.3, -0.25) is 9.59 Å². The zero-order chi connectivity index (χ0) is 21.2. The lowest BCUT2D eigenvalue weighted by atomic mass is 10.1. The van der Waals surface area contributed by atoms with Crippen LogP contribution in [0.1, 0.15) is 12.5 Å². The van der Waals surface area contributed by atoms with E-state index in [0.717, 1.165) is 11.3 Å². The van der Waals surface area contributed by atoms with E-state index in [4.69, 9.17) is 44.3 Å². The van der Waals surface area contributed by atoms with Crippen molar-refractivity contribution in [3.63, 3.8) is 0 Å². The number of alkyl halides is 3. The van der Waals surface area contributed by atoms with Gasteiger partial charge < -0.3 is 19.7 Å². The summed E-state index contributed by atoms with van der Waals surface area (Å²) < 4.78 is 9.33. The lowest BCUT2D eigenvalue weighted by Gasteiger charge is -2.33. The van der Waals surface area contributed by atoms with Crippen molar-refractivity contribution >= 4 is 58.0 Å². The zero-order valence-electron chi connectivity index (χ0n) is 15.7. The Balaban J connectivity index is 1.77. The molecule has 0 radical (unpaired) electrons. The molecule has 2 amide bonds. The van der Waals surface area contributed by atoms with Crippen LogP contribution in [0.4, 0.5) is 11.4 Å². The maximum absolute atomic E-state index is 12.7. The number of benzene rings is 2. The third-order valence-electron chi connectivity index (χ3n) is 4.26. The van der Waals surface area contributed by atoms with Crippen LogP contribution in [0.25, 0.3) is 0 Å². The lowest BCUT2D eigenvalue weighted by Crippen LogP contribution is -2.46. The van der Waals surface area contributed by atoms with Gasteiger partial charge in [0.2, 0.25) is 0 Å². The van der Waals surface area contributed by atoms with Crippen molar-refractivity contribution in [1.82, 2.24) is 0 Å². The van der Waals surface area contributed by atoms with Gasteiger partial charge in [-0.05, 0) is 49.7 Å². The molecule has 0 fully saturated rings. The topological polar surface area (TPSA) is 67.9 Å². The SMILES string of the molecule is Cc1cccc(OCCN2C(=O)C(C)Oc3ccc(NC(=O)C(Cl)(Cl)Cl)cc32)c1. The number of hydrogen-bond acceptors (Lipinski definition) is 4. The van der Waals surface area contributed by atoms with Crippen LogP contribution >= 0.6 is 34.8 Å². The normalized spacial score (nSPS) is 16.1. The minimum absolute atomic E-state index is 0.213. The summed E-state index contributed by atoms with van der Waals surface area (Å²) in [6, 6.07) is 12.5. The first-order valence-corrected chi connectivity index (χ1v) is 9.98. The first-order valence-electron chi connectivity index (χ1n) is 8.85. The number of aryl methyl sites for hydroxylation is 1. The third-order valence-corrected chi connectivity index (χ3v) is 4.77. The fourth-order valence-electron chi connectivity index (χ4n) is 2.88. The number of carbonyl (C=O) groups is 2. The number of rotatable bonds is 5. The summed E-state index contributed by atoms with van der Waals surface area (Å²) in [6.45, 7) is 4.24. The van der Waals surface area contributed by atoms with E-state index in [2.05, 4.69) is 5.32 Å². The Morgan fingerprint density at radius 1 is 1.24 bits per heavy atom. The molecule has 1 aliphatic heterocycles. The van der Waals surface area contributed by atoms with E-state index in [9.17, 15) is 9.59 Å². The molecule has 2 aromatic carbocycles. The highest BCUT2D eigenvalue weighted by Gasteiger charge is 2.33. The quantitative estimate of drug-likeness (QED) is 0.672. The van der Waals surface area contributed by atoms with Gasteiger partial charge >= 0.3 is 0 Å². The molecule has 0 saturated heterocycles. The number of nitrogens with one attached hydrogen (secondary N) is 1. The fraction of sp³-hybridized carbons (Fsp3) is 0.300. The minimum atomic E-state index is -2.10. The van der Waals surface area contributed by atoms with E-state index in [1.165, 1.54) is 0 Å². The smallest absolute Gasteiger partial charge is 0.276 e. The summed E-state index contributed by atoms with van der Waals surface area (Å²) in [4.78, 5) is 26.1. The highest BCUT2D eigenvalue weighted by atomic mass is 35.6. The molecule has 29 heavy (non-hydrogen) atoms. The van der Waals surface area contributed by atoms with Gasteiger partial charge in [-0.1, -0.05) is 46.9 Å². The lowest BCUT2D eigenvalue weighted by molar-refractivity contribution is -0.125. The summed E-state index contributed by atoms with van der Waals surface area (Å²) in [6.07, 6.45) is -0.636. The van der Waals surface area contributed by atoms with Crippen LogP contribution in [0, 0.1) is 6.92 Å². The number of halogens is 3. The van der Waals surface area contributed by atoms with Crippen molar-refractivity contribution < 1.29 is 19.1 Å². The van der Waals surface area contributed by atoms with Gasteiger partial charge in [0.25, 0.3) is 15.6 Å². The van der Waals surface area contributed by atoms with Gasteiger partial charge in [0.05, 0.1) is 12.2 Å². The minimum Gasteiger partial charge on any atom is -0.492 e. The van der Waals surface area contributed by atoms with E-state index in [1.807, 2.05) is 31.2 Å². The van der Waals surface area contributed by atoms with Crippen LogP contribution in [0.5, 0.6) is 11.5 Å². The van der Waals surface area contributed by atoms with Crippen molar-refractivity contribution in [2.24, 2.45) is 0 Å². The predicted octanol–water partition coefficient (Wildman–Crippen LogP) is 4.50. The molecule has 154 valence electrons. The van der Waals surface area contributed by atoms with Crippen LogP contribution in [0.2, 0.25) is 0 Å². The highest BCUT2D eigenvalue weighted by molar-refractivity contribution is 6.76. The molecule has 1 aliphatic rings. The zero-order valence-corrected chi connectivity index (χ0v) is 18.0. The van der Waals surface area contributed by atoms with Gasteiger partial charge in [-0.15, -0.1) is 0 Å². The molecule has 1 unspecified atom stereocenters. The Labute approximate surface area is 183 Å². The molecule has 1 N–H and O–H groups in total. The molecule has 1 heterocycles. The predicted molar refractivity (Wildman–Crippen MR) is 114 cm³/mol. The first kappa shape index (κ1) is 21.6. The summed E-state index contributed by atoms with van der Waals surface area (Å²) >= 11 is 16.8. The molecule has 0 bridgehead atoms. The summed E-state index contributed by atoms with van der Waals surface area (Å²) in [5.41, 5.74) is 1.96. The van der Waals surface area contributed by atoms with E-state index >= 15 is 0 Å². The fourth-order valence-corrected chi connectivity index (χ4v) is 3.02. The summed E-state index contributed by atoms with van der Waals surface area (Å²) in [5, 5.41) is 2.51. The van der Waals surface area contributed by atoms with Crippen molar-refractivity contribution in [3.05, 3.63) is 48.0 Å². The monoisotopic (exact) mass is 456 g/mol. The van der Waals surface area contributed by atoms with E-state index in [0.29, 0.717) is 23.7 Å². The molecule has 6 nitrogen and oxygen atoms in total. The van der Waals surface area contributed by atoms with Crippen LogP contribution in [0.15, 0.2) is 42.5 Å². The van der Waals surface area contributed by atoms with Gasteiger partial charge in [-0.2, -0.15) is 0 Å². The van der Waals surface area contributed by atoms with Crippen LogP contribution in [-0.2, 0) is 9.59 Å². The molecule has 0 aliphatic carbocycles. The molecule has 2 aromatic rings. The van der Waals surface area contributed by atoms with Crippen molar-refractivity contribution in [2.75, 3.05) is 23.4 Å². The Bertz CT molecular complexity index is 930. The van der Waals surface area contributed by atoms with Gasteiger partial charge in [-0.25, -0.2) is 0 Å². The largest absolute Gasteiger partial charge is 0.492 e. The number of hydrogen-bond donors (Lipinski definition) is 1. The number of nitrogens with zero attached hydrogens (tertiary/aromatic N) is 1. The average Bonchev–Trinajstić information content (AvgIpc) is 2.64. The first-order chi connectivity index (χ1) is 13.6. The van der Waals surface area contributed by atoms with Crippen molar-refractivity contribution in [2.45, 2.75) is 23.7 Å². The second-order valence-corrected chi connectivity index (χ2v) is 8.83. The summed E-state index contributed by atoms with van der Waals surface area (Å²) in [5.74, 6) is 0.227. The van der Waals surface area contributed by atoms with Crippen LogP contribution in [0.3, 0.4) is 0 Å². The van der Waals surface area contributed by atoms with Gasteiger partial charge in [0.15, 0.2) is 6.10 Å². The molecule has 9 heteroatoms. The molecule has 0 saturated carbocycles. The maximum atomic E-state index is 12.7. The van der Waals surface area contributed by atoms with E-state index < -0.39 is 15.8 Å². The van der Waals surface area contributed by atoms with Crippen molar-refractivity contribution in [1.29, 1.82) is 0 Å². The molecule has 0 aromatic heterocycles. The Morgan fingerprint density at radius 3 is 2.69 bits per heavy atom. The molecule has 1 atom stereocenters. The standard InChI is InChI=1S/C20H19Cl3N2O4/c1-12-4-3-5-15(10-12)28-9-8-25-16-11-14(24-19(27)20(21,22)23)6-7-17(16)29-13(2)18(25)26/h3-7,10-11,13H,8-9H2,1-2H3,(H,24,27). The average molecular weight is 458 g/mol. The second kappa shape index (κ2) is 8.69. The number of carbonyl (C=O) groups excluding carboxylic acids is 2. The van der Waals surface area contributed by atoms with E-state index in [-0.39, 0.29) is 12.5 Å². The van der Waals surface area contributed by atoms with Gasteiger partial charge in [0, 0.05) is 5.69 Å². The number of fused-ring (bicyclic) bond motifs is 1. The van der Waals surface area contributed by atoms with Crippen LogP contribution < -0.4 is 19.7 Å². The highest BCUT2D eigenvalue weighted by Crippen LogP contribution is 2.37. The number of ether oxygens (including phenoxy) is 2. The number of anilines is 2. The van der Waals surface area contributed by atoms with Crippen molar-refractivity contribution in [3.8, 4) is 11.5 Å². The Morgan fingerprint density at radius 2 is 2.00 bits per heavy atom. The summed E-state index contributed by atoms with van der Waals surface area (Å²) in [7, 11) is 0. The third kappa shape index (κ3) is 5.26. The second-order valence-electron chi connectivity index (χ2n) is 6.55. The van der Waals surface area contributed by atoms with Gasteiger partial charge in [0.1, 0.15) is 18.1 Å². The Hall–Kier alpha value is -2.15. The molecule has 0 spiro atoms. The Kier molecular flexibility index (Phi) is 6.46. The molecular formula is C20H19Cl3N2O4. The van der Waals surface area contributed by atoms with Crippen LogP contribution in [-0.4, -0.2) is 34.9 Å².